The van der Waals surface area contributed by atoms with Crippen molar-refractivity contribution >= 4 is 17.5 Å². The summed E-state index contributed by atoms with van der Waals surface area (Å²) >= 11 is 0. The Morgan fingerprint density at radius 2 is 1.54 bits per heavy atom. The number of anilines is 2. The van der Waals surface area contributed by atoms with Crippen molar-refractivity contribution in [3.05, 3.63) is 42.0 Å². The standard InChI is InChI=1S/C21H28N6O/c1-15-2-3-19(23-13-15)26-8-4-16(5-9-26)17-6-10-27(11-7-17)20-12-18(21(22)28)24-14-25-20/h2-3,12-14,16-17H,4-11H2,1H3,(H2,22,28). The third-order valence-electron chi connectivity index (χ3n) is 6.19. The average Bonchev–Trinajstić information content (AvgIpc) is 2.75. The highest BCUT2D eigenvalue weighted by molar-refractivity contribution is 5.91. The van der Waals surface area contributed by atoms with Gasteiger partial charge in [-0.25, -0.2) is 15.0 Å². The summed E-state index contributed by atoms with van der Waals surface area (Å²) in [4.78, 5) is 28.8. The maximum Gasteiger partial charge on any atom is 0.267 e. The van der Waals surface area contributed by atoms with Gasteiger partial charge in [0.05, 0.1) is 0 Å². The van der Waals surface area contributed by atoms with Crippen molar-refractivity contribution in [1.82, 2.24) is 15.0 Å². The number of aryl methyl sites for hydroxylation is 1. The first kappa shape index (κ1) is 18.7. The molecule has 4 heterocycles. The molecule has 0 spiro atoms. The van der Waals surface area contributed by atoms with Crippen LogP contribution in [0.5, 0.6) is 0 Å². The smallest absolute Gasteiger partial charge is 0.267 e. The van der Waals surface area contributed by atoms with Gasteiger partial charge in [-0.3, -0.25) is 4.79 Å². The number of carbonyl (C=O) groups excluding carboxylic acids is 1. The van der Waals surface area contributed by atoms with Crippen LogP contribution in [0.1, 0.15) is 41.7 Å². The monoisotopic (exact) mass is 380 g/mol. The van der Waals surface area contributed by atoms with Crippen LogP contribution in [0, 0.1) is 18.8 Å². The van der Waals surface area contributed by atoms with E-state index in [2.05, 4.69) is 43.8 Å². The molecular formula is C21H28N6O. The molecule has 2 aliphatic rings. The number of primary amides is 1. The minimum Gasteiger partial charge on any atom is -0.364 e. The lowest BCUT2D eigenvalue weighted by atomic mass is 9.79. The van der Waals surface area contributed by atoms with Crippen LogP contribution in [-0.2, 0) is 0 Å². The molecule has 0 bridgehead atoms. The Kier molecular flexibility index (Phi) is 5.41. The molecule has 2 saturated heterocycles. The van der Waals surface area contributed by atoms with Crippen LogP contribution in [0.4, 0.5) is 11.6 Å². The number of hydrogen-bond acceptors (Lipinski definition) is 6. The van der Waals surface area contributed by atoms with E-state index in [0.717, 1.165) is 49.7 Å². The Morgan fingerprint density at radius 1 is 0.929 bits per heavy atom. The van der Waals surface area contributed by atoms with Crippen molar-refractivity contribution in [2.45, 2.75) is 32.6 Å². The normalized spacial score (nSPS) is 19.0. The summed E-state index contributed by atoms with van der Waals surface area (Å²) in [6.07, 6.45) is 8.19. The molecule has 1 amide bonds. The summed E-state index contributed by atoms with van der Waals surface area (Å²) < 4.78 is 0. The Morgan fingerprint density at radius 3 is 2.07 bits per heavy atom. The van der Waals surface area contributed by atoms with Crippen molar-refractivity contribution in [2.75, 3.05) is 36.0 Å². The van der Waals surface area contributed by atoms with Crippen LogP contribution in [0.2, 0.25) is 0 Å². The highest BCUT2D eigenvalue weighted by Crippen LogP contribution is 2.34. The second-order valence-corrected chi connectivity index (χ2v) is 7.97. The molecule has 0 saturated carbocycles. The fraction of sp³-hybridized carbons (Fsp3) is 0.524. The van der Waals surface area contributed by atoms with Crippen molar-refractivity contribution < 1.29 is 4.79 Å². The van der Waals surface area contributed by atoms with Crippen molar-refractivity contribution in [1.29, 1.82) is 0 Å². The Bertz CT molecular complexity index is 808. The van der Waals surface area contributed by atoms with E-state index >= 15 is 0 Å². The molecule has 0 radical (unpaired) electrons. The fourth-order valence-electron chi connectivity index (χ4n) is 4.50. The van der Waals surface area contributed by atoms with Gasteiger partial charge in [0, 0.05) is 38.4 Å². The summed E-state index contributed by atoms with van der Waals surface area (Å²) in [6.45, 7) is 6.20. The van der Waals surface area contributed by atoms with Crippen LogP contribution in [-0.4, -0.2) is 47.0 Å². The summed E-state index contributed by atoms with van der Waals surface area (Å²) in [5.41, 5.74) is 6.82. The maximum absolute atomic E-state index is 11.3. The average molecular weight is 380 g/mol. The van der Waals surface area contributed by atoms with Gasteiger partial charge in [0.25, 0.3) is 5.91 Å². The van der Waals surface area contributed by atoms with Gasteiger partial charge in [0.2, 0.25) is 0 Å². The van der Waals surface area contributed by atoms with Gasteiger partial charge in [-0.2, -0.15) is 0 Å². The molecule has 2 aromatic rings. The third-order valence-corrected chi connectivity index (χ3v) is 6.19. The molecule has 2 N–H and O–H groups in total. The molecule has 2 aliphatic heterocycles. The molecule has 4 rings (SSSR count). The number of pyridine rings is 1. The summed E-state index contributed by atoms with van der Waals surface area (Å²) in [6, 6.07) is 5.98. The van der Waals surface area contributed by atoms with Crippen molar-refractivity contribution in [2.24, 2.45) is 17.6 Å². The molecule has 7 nitrogen and oxygen atoms in total. The number of nitrogens with zero attached hydrogens (tertiary/aromatic N) is 5. The number of carbonyl (C=O) groups is 1. The summed E-state index contributed by atoms with van der Waals surface area (Å²) in [7, 11) is 0. The Hall–Kier alpha value is -2.70. The Labute approximate surface area is 166 Å². The van der Waals surface area contributed by atoms with Crippen LogP contribution in [0.3, 0.4) is 0 Å². The first-order valence-electron chi connectivity index (χ1n) is 10.1. The Balaban J connectivity index is 1.29. The van der Waals surface area contributed by atoms with Crippen LogP contribution < -0.4 is 15.5 Å². The maximum atomic E-state index is 11.3. The molecule has 0 unspecified atom stereocenters. The van der Waals surface area contributed by atoms with Crippen LogP contribution in [0.15, 0.2) is 30.7 Å². The predicted molar refractivity (Wildman–Crippen MR) is 109 cm³/mol. The molecule has 28 heavy (non-hydrogen) atoms. The number of hydrogen-bond donors (Lipinski definition) is 1. The van der Waals surface area contributed by atoms with Crippen molar-refractivity contribution in [3.63, 3.8) is 0 Å². The number of nitrogens with two attached hydrogens (primary N) is 1. The van der Waals surface area contributed by atoms with Gasteiger partial charge >= 0.3 is 0 Å². The number of aromatic nitrogens is 3. The molecule has 0 atom stereocenters. The SMILES string of the molecule is Cc1ccc(N2CCC(C3CCN(c4cc(C(N)=O)ncn4)CC3)CC2)nc1. The topological polar surface area (TPSA) is 88.2 Å². The molecule has 148 valence electrons. The number of rotatable bonds is 4. The second-order valence-electron chi connectivity index (χ2n) is 7.97. The van der Waals surface area contributed by atoms with Crippen molar-refractivity contribution in [3.8, 4) is 0 Å². The van der Waals surface area contributed by atoms with Gasteiger partial charge in [-0.05, 0) is 56.1 Å². The minimum absolute atomic E-state index is 0.282. The lowest BCUT2D eigenvalue weighted by molar-refractivity contribution is 0.0995. The van der Waals surface area contributed by atoms with Gasteiger partial charge in [-0.15, -0.1) is 0 Å². The van der Waals surface area contributed by atoms with E-state index in [1.54, 1.807) is 6.07 Å². The number of piperidine rings is 2. The minimum atomic E-state index is -0.506. The largest absolute Gasteiger partial charge is 0.364 e. The van der Waals surface area contributed by atoms with Crippen LogP contribution >= 0.6 is 0 Å². The van der Waals surface area contributed by atoms with E-state index in [1.165, 1.54) is 37.6 Å². The molecule has 0 aliphatic carbocycles. The van der Waals surface area contributed by atoms with E-state index in [0.29, 0.717) is 0 Å². The van der Waals surface area contributed by atoms with E-state index in [9.17, 15) is 4.79 Å². The third kappa shape index (κ3) is 4.08. The van der Waals surface area contributed by atoms with Gasteiger partial charge in [-0.1, -0.05) is 6.07 Å². The molecule has 2 aromatic heterocycles. The highest BCUT2D eigenvalue weighted by Gasteiger charge is 2.30. The van der Waals surface area contributed by atoms with Gasteiger partial charge in [0.1, 0.15) is 23.7 Å². The van der Waals surface area contributed by atoms with E-state index < -0.39 is 5.91 Å². The lowest BCUT2D eigenvalue weighted by Gasteiger charge is -2.40. The molecule has 0 aromatic carbocycles. The molecule has 7 heteroatoms. The zero-order chi connectivity index (χ0) is 19.5. The van der Waals surface area contributed by atoms with E-state index in [-0.39, 0.29) is 5.69 Å². The van der Waals surface area contributed by atoms with Gasteiger partial charge < -0.3 is 15.5 Å². The highest BCUT2D eigenvalue weighted by atomic mass is 16.1. The summed E-state index contributed by atoms with van der Waals surface area (Å²) in [5.74, 6) is 2.96. The summed E-state index contributed by atoms with van der Waals surface area (Å²) in [5, 5.41) is 0. The zero-order valence-corrected chi connectivity index (χ0v) is 16.4. The van der Waals surface area contributed by atoms with E-state index in [1.807, 2.05) is 6.20 Å². The lowest BCUT2D eigenvalue weighted by Crippen LogP contribution is -2.41. The number of amides is 1. The quantitative estimate of drug-likeness (QED) is 0.876. The van der Waals surface area contributed by atoms with Gasteiger partial charge in [0.15, 0.2) is 0 Å². The predicted octanol–water partition coefficient (Wildman–Crippen LogP) is 2.41. The molecule has 2 fully saturated rings. The first-order chi connectivity index (χ1) is 13.6. The fourth-order valence-corrected chi connectivity index (χ4v) is 4.50. The van der Waals surface area contributed by atoms with Crippen LogP contribution in [0.25, 0.3) is 0 Å². The molecular weight excluding hydrogens is 352 g/mol. The van der Waals surface area contributed by atoms with E-state index in [4.69, 9.17) is 5.73 Å². The second kappa shape index (κ2) is 8.12. The first-order valence-corrected chi connectivity index (χ1v) is 10.1. The zero-order valence-electron chi connectivity index (χ0n) is 16.4.